The number of hydrogen-bond donors (Lipinski definition) is 0. The van der Waals surface area contributed by atoms with Crippen molar-refractivity contribution in [1.29, 1.82) is 0 Å². The number of likely N-dealkylation sites (tertiary alicyclic amines) is 1. The van der Waals surface area contributed by atoms with Gasteiger partial charge >= 0.3 is 6.09 Å². The summed E-state index contributed by atoms with van der Waals surface area (Å²) in [6.07, 6.45) is 6.16. The summed E-state index contributed by atoms with van der Waals surface area (Å²) in [7, 11) is 1.72. The zero-order valence-electron chi connectivity index (χ0n) is 19.6. The van der Waals surface area contributed by atoms with Crippen molar-refractivity contribution in [3.8, 4) is 5.75 Å². The average molecular weight is 448 g/mol. The van der Waals surface area contributed by atoms with E-state index in [1.165, 1.54) is 22.9 Å². The summed E-state index contributed by atoms with van der Waals surface area (Å²) >= 11 is 0. The van der Waals surface area contributed by atoms with Crippen LogP contribution in [0.3, 0.4) is 0 Å². The summed E-state index contributed by atoms with van der Waals surface area (Å²) < 4.78 is 13.8. The lowest BCUT2D eigenvalue weighted by atomic mass is 9.91. The van der Waals surface area contributed by atoms with Crippen molar-refractivity contribution in [3.05, 3.63) is 60.3 Å². The third-order valence-electron chi connectivity index (χ3n) is 7.12. The molecule has 0 unspecified atom stereocenters. The first-order valence-corrected chi connectivity index (χ1v) is 12.0. The molecule has 0 atom stereocenters. The Bertz CT molecular complexity index is 1120. The minimum Gasteiger partial charge on any atom is -0.497 e. The van der Waals surface area contributed by atoms with E-state index < -0.39 is 0 Å². The molecule has 0 N–H and O–H groups in total. The van der Waals surface area contributed by atoms with Crippen LogP contribution >= 0.6 is 0 Å². The van der Waals surface area contributed by atoms with Crippen molar-refractivity contribution in [2.24, 2.45) is 0 Å². The molecule has 3 aromatic rings. The Kier molecular flexibility index (Phi) is 6.02. The molecule has 0 radical (unpaired) electrons. The molecular formula is C27H33N3O3. The van der Waals surface area contributed by atoms with E-state index in [1.54, 1.807) is 12.0 Å². The predicted octanol–water partition coefficient (Wildman–Crippen LogP) is 5.44. The Morgan fingerprint density at radius 1 is 1.09 bits per heavy atom. The van der Waals surface area contributed by atoms with Crippen molar-refractivity contribution in [2.75, 3.05) is 31.6 Å². The molecule has 0 bridgehead atoms. The maximum atomic E-state index is 12.6. The van der Waals surface area contributed by atoms with Crippen molar-refractivity contribution >= 4 is 22.7 Å². The quantitative estimate of drug-likeness (QED) is 0.484. The Labute approximate surface area is 195 Å². The number of aryl methyl sites for hydroxylation is 1. The third kappa shape index (κ3) is 4.32. The van der Waals surface area contributed by atoms with Gasteiger partial charge in [-0.25, -0.2) is 4.79 Å². The standard InChI is InChI=1S/C27H33N3O3/c1-3-4-14-29-19-21(24-11-10-23(32-2)17-25(24)29)18-28-15-12-27(13-16-28)20-30(26(31)33-27)22-8-6-5-7-9-22/h5-11,17,19H,3-4,12-16,18,20H2,1-2H3. The molecule has 2 aromatic carbocycles. The lowest BCUT2D eigenvalue weighted by Gasteiger charge is -2.37. The fraction of sp³-hybridized carbons (Fsp3) is 0.444. The molecule has 0 saturated carbocycles. The number of nitrogens with zero attached hydrogens (tertiary/aromatic N) is 3. The van der Waals surface area contributed by atoms with Crippen LogP contribution in [0.2, 0.25) is 0 Å². The number of piperidine rings is 1. The smallest absolute Gasteiger partial charge is 0.415 e. The van der Waals surface area contributed by atoms with Crippen molar-refractivity contribution in [1.82, 2.24) is 9.47 Å². The van der Waals surface area contributed by atoms with Gasteiger partial charge in [0.05, 0.1) is 19.2 Å². The highest BCUT2D eigenvalue weighted by Gasteiger charge is 2.47. The molecule has 6 nitrogen and oxygen atoms in total. The molecule has 0 aliphatic carbocycles. The van der Waals surface area contributed by atoms with E-state index in [0.717, 1.165) is 56.9 Å². The monoisotopic (exact) mass is 447 g/mol. The van der Waals surface area contributed by atoms with Gasteiger partial charge in [-0.05, 0) is 36.2 Å². The van der Waals surface area contributed by atoms with E-state index in [9.17, 15) is 4.79 Å². The first-order valence-electron chi connectivity index (χ1n) is 12.0. The van der Waals surface area contributed by atoms with Crippen LogP contribution in [0.1, 0.15) is 38.2 Å². The second-order valence-corrected chi connectivity index (χ2v) is 9.33. The number of hydrogen-bond acceptors (Lipinski definition) is 4. The molecule has 2 aliphatic rings. The first kappa shape index (κ1) is 21.8. The lowest BCUT2D eigenvalue weighted by molar-refractivity contribution is -0.000890. The zero-order valence-corrected chi connectivity index (χ0v) is 19.6. The van der Waals surface area contributed by atoms with Gasteiger partial charge in [0.15, 0.2) is 0 Å². The van der Waals surface area contributed by atoms with Crippen LogP contribution in [-0.4, -0.2) is 47.9 Å². The molecule has 1 aromatic heterocycles. The molecule has 6 heteroatoms. The van der Waals surface area contributed by atoms with Crippen LogP contribution in [0.15, 0.2) is 54.7 Å². The van der Waals surface area contributed by atoms with Gasteiger partial charge in [0.25, 0.3) is 0 Å². The van der Waals surface area contributed by atoms with E-state index >= 15 is 0 Å². The summed E-state index contributed by atoms with van der Waals surface area (Å²) in [4.78, 5) is 16.9. The number of ether oxygens (including phenoxy) is 2. The number of carbonyl (C=O) groups excluding carboxylic acids is 1. The number of unbranched alkanes of at least 4 members (excludes halogenated alkanes) is 1. The topological polar surface area (TPSA) is 46.9 Å². The van der Waals surface area contributed by atoms with Gasteiger partial charge in [-0.1, -0.05) is 31.5 Å². The van der Waals surface area contributed by atoms with E-state index in [2.05, 4.69) is 40.8 Å². The zero-order chi connectivity index (χ0) is 22.8. The fourth-order valence-electron chi connectivity index (χ4n) is 5.16. The van der Waals surface area contributed by atoms with Gasteiger partial charge in [0.1, 0.15) is 11.4 Å². The summed E-state index contributed by atoms with van der Waals surface area (Å²) in [5.41, 5.74) is 3.15. The fourth-order valence-corrected chi connectivity index (χ4v) is 5.16. The van der Waals surface area contributed by atoms with Gasteiger partial charge in [0, 0.05) is 62.4 Å². The Morgan fingerprint density at radius 3 is 2.61 bits per heavy atom. The number of fused-ring (bicyclic) bond motifs is 1. The number of rotatable bonds is 7. The van der Waals surface area contributed by atoms with Gasteiger partial charge in [0.2, 0.25) is 0 Å². The Hall–Kier alpha value is -2.99. The first-order chi connectivity index (χ1) is 16.1. The van der Waals surface area contributed by atoms with Crippen molar-refractivity contribution in [3.63, 3.8) is 0 Å². The summed E-state index contributed by atoms with van der Waals surface area (Å²) in [5, 5.41) is 1.30. The van der Waals surface area contributed by atoms with Crippen LogP contribution in [0, 0.1) is 0 Å². The number of methoxy groups -OCH3 is 1. The summed E-state index contributed by atoms with van der Waals surface area (Å²) in [6, 6.07) is 16.2. The molecular weight excluding hydrogens is 414 g/mol. The molecule has 1 spiro atoms. The predicted molar refractivity (Wildman–Crippen MR) is 131 cm³/mol. The normalized spacial score (nSPS) is 18.2. The number of amides is 1. The Balaban J connectivity index is 1.28. The number of carbonyl (C=O) groups is 1. The maximum absolute atomic E-state index is 12.6. The number of aromatic nitrogens is 1. The van der Waals surface area contributed by atoms with Crippen molar-refractivity contribution in [2.45, 2.75) is 51.3 Å². The minimum absolute atomic E-state index is 0.220. The molecule has 33 heavy (non-hydrogen) atoms. The van der Waals surface area contributed by atoms with E-state index in [1.807, 2.05) is 30.3 Å². The molecule has 2 fully saturated rings. The maximum Gasteiger partial charge on any atom is 0.415 e. The summed E-state index contributed by atoms with van der Waals surface area (Å²) in [5.74, 6) is 0.899. The number of para-hydroxylation sites is 1. The molecule has 1 amide bonds. The number of benzene rings is 2. The highest BCUT2D eigenvalue weighted by molar-refractivity contribution is 5.90. The van der Waals surface area contributed by atoms with Crippen molar-refractivity contribution < 1.29 is 14.3 Å². The van der Waals surface area contributed by atoms with E-state index in [0.29, 0.717) is 6.54 Å². The summed E-state index contributed by atoms with van der Waals surface area (Å²) in [6.45, 7) is 6.65. The molecule has 5 rings (SSSR count). The van der Waals surface area contributed by atoms with Crippen LogP contribution in [0.25, 0.3) is 10.9 Å². The largest absolute Gasteiger partial charge is 0.497 e. The van der Waals surface area contributed by atoms with Crippen LogP contribution in [0.4, 0.5) is 10.5 Å². The average Bonchev–Trinajstić information content (AvgIpc) is 3.36. The van der Waals surface area contributed by atoms with E-state index in [-0.39, 0.29) is 11.7 Å². The highest BCUT2D eigenvalue weighted by atomic mass is 16.6. The molecule has 174 valence electrons. The second kappa shape index (κ2) is 9.10. The third-order valence-corrected chi connectivity index (χ3v) is 7.12. The highest BCUT2D eigenvalue weighted by Crippen LogP contribution is 2.36. The second-order valence-electron chi connectivity index (χ2n) is 9.33. The minimum atomic E-state index is -0.369. The van der Waals surface area contributed by atoms with Crippen LogP contribution in [0.5, 0.6) is 5.75 Å². The SMILES string of the molecule is CCCCn1cc(CN2CCC3(CC2)CN(c2ccccc2)C(=O)O3)c2ccc(OC)cc21. The van der Waals surface area contributed by atoms with Gasteiger partial charge in [-0.3, -0.25) is 9.80 Å². The Morgan fingerprint density at radius 2 is 1.88 bits per heavy atom. The lowest BCUT2D eigenvalue weighted by Crippen LogP contribution is -2.46. The van der Waals surface area contributed by atoms with E-state index in [4.69, 9.17) is 9.47 Å². The number of anilines is 1. The van der Waals surface area contributed by atoms with Gasteiger partial charge < -0.3 is 14.0 Å². The van der Waals surface area contributed by atoms with Gasteiger partial charge in [-0.2, -0.15) is 0 Å². The van der Waals surface area contributed by atoms with Crippen LogP contribution < -0.4 is 9.64 Å². The molecule has 2 aliphatic heterocycles. The molecule has 3 heterocycles. The van der Waals surface area contributed by atoms with Crippen LogP contribution in [-0.2, 0) is 17.8 Å². The van der Waals surface area contributed by atoms with Gasteiger partial charge in [-0.15, -0.1) is 0 Å². The molecule has 2 saturated heterocycles.